The van der Waals surface area contributed by atoms with Gasteiger partial charge < -0.3 is 16.0 Å². The van der Waals surface area contributed by atoms with E-state index in [4.69, 9.17) is 5.73 Å². The van der Waals surface area contributed by atoms with Crippen molar-refractivity contribution in [2.45, 2.75) is 45.1 Å². The minimum absolute atomic E-state index is 0.116. The van der Waals surface area contributed by atoms with Crippen LogP contribution in [0.5, 0.6) is 0 Å². The third-order valence-electron chi connectivity index (χ3n) is 2.53. The standard InChI is InChI=1S/C12H22N4O/c1-10(13)4-2-6-12(17)16-7-3-5-11-14-8-9-15-11/h8-10H,2-7,13H2,1H3,(H,14,15)(H,16,17). The molecule has 96 valence electrons. The predicted octanol–water partition coefficient (Wildman–Crippen LogP) is 0.976. The first kappa shape index (κ1) is 13.7. The summed E-state index contributed by atoms with van der Waals surface area (Å²) in [6, 6.07) is 0.182. The Labute approximate surface area is 102 Å². The molecule has 0 saturated heterocycles. The molecule has 1 rings (SSSR count). The van der Waals surface area contributed by atoms with E-state index in [0.29, 0.717) is 13.0 Å². The monoisotopic (exact) mass is 238 g/mol. The van der Waals surface area contributed by atoms with Gasteiger partial charge in [0.15, 0.2) is 0 Å². The molecule has 0 aliphatic carbocycles. The fraction of sp³-hybridized carbons (Fsp3) is 0.667. The van der Waals surface area contributed by atoms with Crippen molar-refractivity contribution in [3.63, 3.8) is 0 Å². The van der Waals surface area contributed by atoms with Gasteiger partial charge in [-0.25, -0.2) is 4.98 Å². The van der Waals surface area contributed by atoms with Gasteiger partial charge >= 0.3 is 0 Å². The molecule has 1 atom stereocenters. The molecule has 0 radical (unpaired) electrons. The Bertz CT molecular complexity index is 308. The number of aryl methyl sites for hydroxylation is 1. The lowest BCUT2D eigenvalue weighted by Gasteiger charge is -2.06. The SMILES string of the molecule is CC(N)CCCC(=O)NCCCc1ncc[nH]1. The van der Waals surface area contributed by atoms with Gasteiger partial charge in [-0.2, -0.15) is 0 Å². The van der Waals surface area contributed by atoms with Crippen molar-refractivity contribution in [3.05, 3.63) is 18.2 Å². The summed E-state index contributed by atoms with van der Waals surface area (Å²) in [5.74, 6) is 1.08. The highest BCUT2D eigenvalue weighted by molar-refractivity contribution is 5.75. The first-order chi connectivity index (χ1) is 8.18. The fourth-order valence-electron chi connectivity index (χ4n) is 1.59. The van der Waals surface area contributed by atoms with E-state index in [1.165, 1.54) is 0 Å². The van der Waals surface area contributed by atoms with Crippen LogP contribution >= 0.6 is 0 Å². The molecular formula is C12H22N4O. The fourth-order valence-corrected chi connectivity index (χ4v) is 1.59. The maximum absolute atomic E-state index is 11.4. The largest absolute Gasteiger partial charge is 0.356 e. The molecule has 5 heteroatoms. The molecule has 0 fully saturated rings. The maximum Gasteiger partial charge on any atom is 0.219 e. The summed E-state index contributed by atoms with van der Waals surface area (Å²) in [4.78, 5) is 18.6. The average Bonchev–Trinajstić information content (AvgIpc) is 2.76. The van der Waals surface area contributed by atoms with E-state index in [2.05, 4.69) is 15.3 Å². The minimum Gasteiger partial charge on any atom is -0.356 e. The molecule has 0 bridgehead atoms. The molecule has 1 aromatic heterocycles. The van der Waals surface area contributed by atoms with Gasteiger partial charge in [0.05, 0.1) is 0 Å². The number of nitrogens with two attached hydrogens (primary N) is 1. The summed E-state index contributed by atoms with van der Waals surface area (Å²) in [5, 5.41) is 2.90. The number of imidazole rings is 1. The van der Waals surface area contributed by atoms with Crippen LogP contribution in [0.1, 0.15) is 38.4 Å². The van der Waals surface area contributed by atoms with E-state index in [-0.39, 0.29) is 11.9 Å². The van der Waals surface area contributed by atoms with Crippen LogP contribution in [0.15, 0.2) is 12.4 Å². The molecule has 0 aromatic carbocycles. The van der Waals surface area contributed by atoms with E-state index in [0.717, 1.165) is 31.5 Å². The quantitative estimate of drug-likeness (QED) is 0.590. The summed E-state index contributed by atoms with van der Waals surface area (Å²) in [5.41, 5.74) is 5.61. The Hall–Kier alpha value is -1.36. The highest BCUT2D eigenvalue weighted by Crippen LogP contribution is 1.98. The van der Waals surface area contributed by atoms with Gasteiger partial charge in [-0.1, -0.05) is 0 Å². The highest BCUT2D eigenvalue weighted by atomic mass is 16.1. The van der Waals surface area contributed by atoms with Gasteiger partial charge in [-0.15, -0.1) is 0 Å². The highest BCUT2D eigenvalue weighted by Gasteiger charge is 2.02. The zero-order valence-electron chi connectivity index (χ0n) is 10.4. The van der Waals surface area contributed by atoms with Crippen molar-refractivity contribution >= 4 is 5.91 Å². The Morgan fingerprint density at radius 2 is 2.41 bits per heavy atom. The van der Waals surface area contributed by atoms with Crippen molar-refractivity contribution in [1.82, 2.24) is 15.3 Å². The Kier molecular flexibility index (Phi) is 6.32. The normalized spacial score (nSPS) is 12.4. The lowest BCUT2D eigenvalue weighted by atomic mass is 10.1. The third kappa shape index (κ3) is 6.73. The molecule has 4 N–H and O–H groups in total. The number of aromatic amines is 1. The molecule has 0 saturated carbocycles. The second-order valence-electron chi connectivity index (χ2n) is 4.36. The Balaban J connectivity index is 1.97. The van der Waals surface area contributed by atoms with Crippen LogP contribution in [0.25, 0.3) is 0 Å². The first-order valence-corrected chi connectivity index (χ1v) is 6.19. The zero-order valence-corrected chi connectivity index (χ0v) is 10.4. The lowest BCUT2D eigenvalue weighted by molar-refractivity contribution is -0.121. The van der Waals surface area contributed by atoms with E-state index in [9.17, 15) is 4.79 Å². The van der Waals surface area contributed by atoms with Crippen LogP contribution in [-0.4, -0.2) is 28.5 Å². The zero-order chi connectivity index (χ0) is 12.5. The van der Waals surface area contributed by atoms with E-state index >= 15 is 0 Å². The smallest absolute Gasteiger partial charge is 0.219 e. The number of rotatable bonds is 8. The van der Waals surface area contributed by atoms with Crippen LogP contribution in [-0.2, 0) is 11.2 Å². The summed E-state index contributed by atoms with van der Waals surface area (Å²) >= 11 is 0. The number of hydrogen-bond acceptors (Lipinski definition) is 3. The maximum atomic E-state index is 11.4. The van der Waals surface area contributed by atoms with Crippen LogP contribution in [0, 0.1) is 0 Å². The topological polar surface area (TPSA) is 83.8 Å². The van der Waals surface area contributed by atoms with Gasteiger partial charge in [0.1, 0.15) is 5.82 Å². The number of nitrogens with zero attached hydrogens (tertiary/aromatic N) is 1. The number of H-pyrrole nitrogens is 1. The molecular weight excluding hydrogens is 216 g/mol. The number of hydrogen-bond donors (Lipinski definition) is 3. The number of carbonyl (C=O) groups excluding carboxylic acids is 1. The van der Waals surface area contributed by atoms with Gasteiger partial charge in [0, 0.05) is 37.8 Å². The third-order valence-corrected chi connectivity index (χ3v) is 2.53. The van der Waals surface area contributed by atoms with Crippen LogP contribution < -0.4 is 11.1 Å². The molecule has 1 unspecified atom stereocenters. The van der Waals surface area contributed by atoms with Crippen molar-refractivity contribution in [3.8, 4) is 0 Å². The van der Waals surface area contributed by atoms with Gasteiger partial charge in [0.25, 0.3) is 0 Å². The van der Waals surface area contributed by atoms with Gasteiger partial charge in [0.2, 0.25) is 5.91 Å². The summed E-state index contributed by atoms with van der Waals surface area (Å²) in [7, 11) is 0. The lowest BCUT2D eigenvalue weighted by Crippen LogP contribution is -2.25. The minimum atomic E-state index is 0.116. The van der Waals surface area contributed by atoms with Gasteiger partial charge in [-0.05, 0) is 26.2 Å². The molecule has 1 heterocycles. The van der Waals surface area contributed by atoms with Crippen molar-refractivity contribution in [2.24, 2.45) is 5.73 Å². The molecule has 0 spiro atoms. The predicted molar refractivity (Wildman–Crippen MR) is 67.4 cm³/mol. The molecule has 5 nitrogen and oxygen atoms in total. The second kappa shape index (κ2) is 7.84. The second-order valence-corrected chi connectivity index (χ2v) is 4.36. The van der Waals surface area contributed by atoms with Crippen molar-refractivity contribution < 1.29 is 4.79 Å². The molecule has 0 aliphatic rings. The van der Waals surface area contributed by atoms with Crippen LogP contribution in [0.4, 0.5) is 0 Å². The van der Waals surface area contributed by atoms with Crippen LogP contribution in [0.2, 0.25) is 0 Å². The van der Waals surface area contributed by atoms with Crippen molar-refractivity contribution in [2.75, 3.05) is 6.54 Å². The van der Waals surface area contributed by atoms with E-state index < -0.39 is 0 Å². The molecule has 17 heavy (non-hydrogen) atoms. The van der Waals surface area contributed by atoms with Crippen molar-refractivity contribution in [1.29, 1.82) is 0 Å². The van der Waals surface area contributed by atoms with Gasteiger partial charge in [-0.3, -0.25) is 4.79 Å². The number of nitrogens with one attached hydrogen (secondary N) is 2. The number of carbonyl (C=O) groups is 1. The molecule has 1 aromatic rings. The Morgan fingerprint density at radius 1 is 1.59 bits per heavy atom. The van der Waals surface area contributed by atoms with Crippen LogP contribution in [0.3, 0.4) is 0 Å². The van der Waals surface area contributed by atoms with E-state index in [1.807, 2.05) is 13.1 Å². The molecule has 0 aliphatic heterocycles. The average molecular weight is 238 g/mol. The number of amides is 1. The number of aromatic nitrogens is 2. The molecule has 1 amide bonds. The van der Waals surface area contributed by atoms with E-state index in [1.54, 1.807) is 6.20 Å². The summed E-state index contributed by atoms with van der Waals surface area (Å²) < 4.78 is 0. The Morgan fingerprint density at radius 3 is 3.06 bits per heavy atom. The first-order valence-electron chi connectivity index (χ1n) is 6.19. The summed E-state index contributed by atoms with van der Waals surface area (Å²) in [6.07, 6.45) is 7.66. The summed E-state index contributed by atoms with van der Waals surface area (Å²) in [6.45, 7) is 2.67.